The van der Waals surface area contributed by atoms with Gasteiger partial charge in [0.1, 0.15) is 17.3 Å². The van der Waals surface area contributed by atoms with Crippen molar-refractivity contribution in [3.05, 3.63) is 77.4 Å². The molecule has 1 aliphatic heterocycles. The molecule has 6 aliphatic rings. The van der Waals surface area contributed by atoms with Gasteiger partial charge in [0.2, 0.25) is 5.91 Å². The van der Waals surface area contributed by atoms with Crippen LogP contribution in [-0.2, 0) is 23.9 Å². The van der Waals surface area contributed by atoms with E-state index in [9.17, 15) is 24.3 Å². The molecule has 12 atom stereocenters. The predicted molar refractivity (Wildman–Crippen MR) is 222 cm³/mol. The highest BCUT2D eigenvalue weighted by molar-refractivity contribution is 6.03. The lowest BCUT2D eigenvalue weighted by Gasteiger charge is -2.70. The van der Waals surface area contributed by atoms with Crippen LogP contribution in [0.15, 0.2) is 71.3 Å². The number of hydrazone groups is 1. The van der Waals surface area contributed by atoms with Crippen LogP contribution in [0.4, 0.5) is 0 Å². The monoisotopic (exact) mass is 790 g/mol. The van der Waals surface area contributed by atoms with Crippen molar-refractivity contribution in [2.24, 2.45) is 61.8 Å². The summed E-state index contributed by atoms with van der Waals surface area (Å²) in [6.45, 7) is 17.1. The Morgan fingerprint density at radius 2 is 1.59 bits per heavy atom. The first-order chi connectivity index (χ1) is 27.4. The lowest BCUT2D eigenvalue weighted by atomic mass is 9.33. The number of amides is 1. The molecule has 310 valence electrons. The molecule has 5 aliphatic carbocycles. The summed E-state index contributed by atoms with van der Waals surface area (Å²) in [4.78, 5) is 54.1. The molecular weight excluding hydrogens is 729 g/mol. The van der Waals surface area contributed by atoms with Crippen LogP contribution in [0.25, 0.3) is 0 Å². The number of carbonyl (C=O) groups is 4. The summed E-state index contributed by atoms with van der Waals surface area (Å²) >= 11 is 0. The number of hydrogen-bond donors (Lipinski definition) is 1. The van der Waals surface area contributed by atoms with E-state index < -0.39 is 28.9 Å². The molecular formula is C49H62N2O7. The van der Waals surface area contributed by atoms with Crippen molar-refractivity contribution >= 4 is 29.3 Å². The molecule has 8 rings (SSSR count). The summed E-state index contributed by atoms with van der Waals surface area (Å²) in [6, 6.07) is 16.9. The van der Waals surface area contributed by atoms with Crippen LogP contribution in [-0.4, -0.2) is 52.2 Å². The number of allylic oxidation sites excluding steroid dienone is 2. The number of carbonyl (C=O) groups excluding carboxylic acids is 3. The molecule has 0 spiro atoms. The van der Waals surface area contributed by atoms with Crippen molar-refractivity contribution in [3.63, 3.8) is 0 Å². The number of aliphatic carboxylic acids is 1. The third-order valence-electron chi connectivity index (χ3n) is 17.4. The molecule has 9 nitrogen and oxygen atoms in total. The zero-order chi connectivity index (χ0) is 41.6. The largest absolute Gasteiger partial charge is 0.482 e. The number of benzene rings is 2. The minimum Gasteiger partial charge on any atom is -0.482 e. The SMILES string of the molecule is CC(=O)N1N=C(c2ccc(OCC(=O)O[C@@H]3CC[C@@]4(C)[C@@H](CC[C@]5(C)[C@@H]4C(=O)C=C4[C@@H]6[C@@H](C)[C@H](C)CC[C@]6(C)CC[C@]45C)[C@@]3(C)C(=O)O)cc2)CC1c1ccccc1. The summed E-state index contributed by atoms with van der Waals surface area (Å²) in [6.07, 6.45) is 8.81. The highest BCUT2D eigenvalue weighted by atomic mass is 16.6. The zero-order valence-electron chi connectivity index (χ0n) is 35.7. The summed E-state index contributed by atoms with van der Waals surface area (Å²) in [5.41, 5.74) is 1.84. The Morgan fingerprint density at radius 3 is 2.26 bits per heavy atom. The molecule has 1 heterocycles. The normalized spacial score (nSPS) is 40.5. The van der Waals surface area contributed by atoms with E-state index in [0.29, 0.717) is 49.2 Å². The van der Waals surface area contributed by atoms with Gasteiger partial charge in [-0.2, -0.15) is 5.10 Å². The molecule has 0 saturated heterocycles. The molecule has 1 amide bonds. The number of hydrogen-bond acceptors (Lipinski definition) is 7. The molecule has 4 fully saturated rings. The number of ether oxygens (including phenoxy) is 2. The van der Waals surface area contributed by atoms with Gasteiger partial charge in [-0.3, -0.25) is 14.4 Å². The topological polar surface area (TPSA) is 123 Å². The first kappa shape index (κ1) is 40.5. The molecule has 0 aromatic heterocycles. The van der Waals surface area contributed by atoms with Crippen molar-refractivity contribution in [1.29, 1.82) is 0 Å². The standard InChI is InChI=1S/C49H62N2O7/c1-29-18-21-45(4)24-25-47(6)35(42(45)30(29)2)26-38(53)43-46(5)22-20-40(49(8,44(55)56)39(46)19-23-48(43,47)7)58-41(54)28-57-34-16-14-32(15-17-34)36-27-37(51(50-36)31(3)52)33-12-10-9-11-13-33/h9-17,26,29-30,37,39-40,42-43H,18-25,27-28H2,1-8H3,(H,55,56)/t29-,30+,37?,39-,40-,42+,43-,45-,46+,47-,48-,49-/m1/s1. The van der Waals surface area contributed by atoms with Crippen LogP contribution in [0.3, 0.4) is 0 Å². The molecule has 4 saturated carbocycles. The molecule has 58 heavy (non-hydrogen) atoms. The fourth-order valence-corrected chi connectivity index (χ4v) is 13.8. The van der Waals surface area contributed by atoms with Crippen LogP contribution in [0.1, 0.15) is 130 Å². The predicted octanol–water partition coefficient (Wildman–Crippen LogP) is 9.60. The number of carboxylic acids is 1. The Balaban J connectivity index is 0.966. The lowest BCUT2D eigenvalue weighted by Crippen LogP contribution is -2.68. The van der Waals surface area contributed by atoms with E-state index in [4.69, 9.17) is 9.47 Å². The Kier molecular flexibility index (Phi) is 9.91. The van der Waals surface area contributed by atoms with E-state index in [1.54, 1.807) is 19.1 Å². The molecule has 0 radical (unpaired) electrons. The van der Waals surface area contributed by atoms with Gasteiger partial charge in [-0.1, -0.05) is 77.4 Å². The van der Waals surface area contributed by atoms with Gasteiger partial charge in [0.15, 0.2) is 12.4 Å². The van der Waals surface area contributed by atoms with E-state index in [1.165, 1.54) is 30.3 Å². The maximum Gasteiger partial charge on any atom is 0.344 e. The van der Waals surface area contributed by atoms with Gasteiger partial charge in [0.05, 0.1) is 11.8 Å². The number of nitrogens with zero attached hydrogens (tertiary/aromatic N) is 2. The van der Waals surface area contributed by atoms with Crippen molar-refractivity contribution < 1.29 is 33.8 Å². The van der Waals surface area contributed by atoms with Crippen LogP contribution < -0.4 is 4.74 Å². The molecule has 0 bridgehead atoms. The average Bonchev–Trinajstić information content (AvgIpc) is 3.64. The molecule has 9 heteroatoms. The molecule has 1 unspecified atom stereocenters. The first-order valence-corrected chi connectivity index (χ1v) is 21.7. The van der Waals surface area contributed by atoms with E-state index in [-0.39, 0.29) is 52.4 Å². The van der Waals surface area contributed by atoms with Crippen molar-refractivity contribution in [2.45, 2.75) is 125 Å². The highest BCUT2D eigenvalue weighted by Gasteiger charge is 2.72. The van der Waals surface area contributed by atoms with Crippen LogP contribution in [0, 0.1) is 56.7 Å². The fourth-order valence-electron chi connectivity index (χ4n) is 13.8. The quantitative estimate of drug-likeness (QED) is 0.277. The third-order valence-corrected chi connectivity index (χ3v) is 17.4. The second-order valence-corrected chi connectivity index (χ2v) is 20.2. The van der Waals surface area contributed by atoms with Crippen molar-refractivity contribution in [3.8, 4) is 5.75 Å². The number of carboxylic acid groups (broad SMARTS) is 1. The van der Waals surface area contributed by atoms with Gasteiger partial charge in [0.25, 0.3) is 0 Å². The van der Waals surface area contributed by atoms with Crippen LogP contribution in [0.5, 0.6) is 5.75 Å². The second-order valence-electron chi connectivity index (χ2n) is 20.2. The molecule has 2 aromatic rings. The average molecular weight is 791 g/mol. The first-order valence-electron chi connectivity index (χ1n) is 21.7. The van der Waals surface area contributed by atoms with Crippen LogP contribution in [0.2, 0.25) is 0 Å². The zero-order valence-corrected chi connectivity index (χ0v) is 35.7. The van der Waals surface area contributed by atoms with Gasteiger partial charge in [-0.15, -0.1) is 0 Å². The van der Waals surface area contributed by atoms with E-state index >= 15 is 0 Å². The van der Waals surface area contributed by atoms with E-state index in [2.05, 4.69) is 46.6 Å². The maximum absolute atomic E-state index is 14.8. The van der Waals surface area contributed by atoms with Crippen molar-refractivity contribution in [1.82, 2.24) is 5.01 Å². The third kappa shape index (κ3) is 6.02. The molecule has 2 aromatic carbocycles. The fraction of sp³-hybridized carbons (Fsp3) is 0.612. The Morgan fingerprint density at radius 1 is 0.879 bits per heavy atom. The van der Waals surface area contributed by atoms with Crippen LogP contribution >= 0.6 is 0 Å². The summed E-state index contributed by atoms with van der Waals surface area (Å²) < 4.78 is 11.9. The van der Waals surface area contributed by atoms with Gasteiger partial charge < -0.3 is 14.6 Å². The molecule has 1 N–H and O–H groups in total. The summed E-state index contributed by atoms with van der Waals surface area (Å²) in [5, 5.41) is 17.2. The number of rotatable bonds is 7. The van der Waals surface area contributed by atoms with Gasteiger partial charge in [-0.25, -0.2) is 9.80 Å². The summed E-state index contributed by atoms with van der Waals surface area (Å²) in [7, 11) is 0. The van der Waals surface area contributed by atoms with Crippen molar-refractivity contribution in [2.75, 3.05) is 6.61 Å². The van der Waals surface area contributed by atoms with E-state index in [0.717, 1.165) is 36.1 Å². The van der Waals surface area contributed by atoms with Gasteiger partial charge in [0, 0.05) is 19.3 Å². The summed E-state index contributed by atoms with van der Waals surface area (Å²) in [5.74, 6) is -0.254. The van der Waals surface area contributed by atoms with Gasteiger partial charge in [-0.05, 0) is 145 Å². The van der Waals surface area contributed by atoms with Gasteiger partial charge >= 0.3 is 11.9 Å². The lowest BCUT2D eigenvalue weighted by molar-refractivity contribution is -0.221. The second kappa shape index (κ2) is 14.2. The minimum absolute atomic E-state index is 0.131. The maximum atomic E-state index is 14.8. The number of fused-ring (bicyclic) bond motifs is 7. The highest BCUT2D eigenvalue weighted by Crippen LogP contribution is 2.75. The number of ketones is 1. The minimum atomic E-state index is -1.37. The Hall–Kier alpha value is -4.27. The Bertz CT molecular complexity index is 2060. The smallest absolute Gasteiger partial charge is 0.344 e. The van der Waals surface area contributed by atoms with E-state index in [1.807, 2.05) is 48.5 Å². The Labute approximate surface area is 344 Å². The number of esters is 1.